The van der Waals surface area contributed by atoms with Gasteiger partial charge >= 0.3 is 5.97 Å². The number of rotatable bonds is 4. The quantitative estimate of drug-likeness (QED) is 0.741. The predicted molar refractivity (Wildman–Crippen MR) is 63.2 cm³/mol. The molecule has 0 unspecified atom stereocenters. The van der Waals surface area contributed by atoms with Crippen LogP contribution in [0.15, 0.2) is 11.6 Å². The van der Waals surface area contributed by atoms with E-state index in [9.17, 15) is 9.90 Å². The second kappa shape index (κ2) is 4.58. The Bertz CT molecular complexity index is 307. The summed E-state index contributed by atoms with van der Waals surface area (Å²) < 4.78 is 0. The highest BCUT2D eigenvalue weighted by Crippen LogP contribution is 2.44. The molecule has 0 radical (unpaired) electrons. The Morgan fingerprint density at radius 2 is 2.12 bits per heavy atom. The van der Waals surface area contributed by atoms with Gasteiger partial charge in [0.25, 0.3) is 0 Å². The molecule has 0 aromatic rings. The van der Waals surface area contributed by atoms with E-state index in [1.54, 1.807) is 0 Å². The summed E-state index contributed by atoms with van der Waals surface area (Å²) in [5.41, 5.74) is 1.33. The molecule has 0 aromatic carbocycles. The van der Waals surface area contributed by atoms with Crippen LogP contribution in [0, 0.1) is 17.8 Å². The van der Waals surface area contributed by atoms with Gasteiger partial charge in [-0.3, -0.25) is 9.69 Å². The van der Waals surface area contributed by atoms with Crippen LogP contribution >= 0.6 is 0 Å². The zero-order chi connectivity index (χ0) is 11.7. The van der Waals surface area contributed by atoms with Crippen molar-refractivity contribution in [1.29, 1.82) is 0 Å². The summed E-state index contributed by atoms with van der Waals surface area (Å²) in [5.74, 6) is 0.369. The largest absolute Gasteiger partial charge is 0.481 e. The number of allylic oxidation sites excluding steroid dienone is 1. The summed E-state index contributed by atoms with van der Waals surface area (Å²) in [6.45, 7) is 6.80. The molecule has 3 heteroatoms. The van der Waals surface area contributed by atoms with Crippen LogP contribution in [-0.2, 0) is 4.79 Å². The lowest BCUT2D eigenvalue weighted by molar-refractivity contribution is -0.142. The van der Waals surface area contributed by atoms with Crippen LogP contribution in [0.2, 0.25) is 0 Å². The molecular weight excluding hydrogens is 202 g/mol. The van der Waals surface area contributed by atoms with E-state index in [0.29, 0.717) is 11.8 Å². The Balaban J connectivity index is 1.97. The van der Waals surface area contributed by atoms with Crippen molar-refractivity contribution in [3.63, 3.8) is 0 Å². The van der Waals surface area contributed by atoms with Gasteiger partial charge in [-0.15, -0.1) is 0 Å². The Hall–Kier alpha value is -0.830. The lowest BCUT2D eigenvalue weighted by atomic mass is 9.92. The molecule has 1 aliphatic heterocycles. The summed E-state index contributed by atoms with van der Waals surface area (Å²) >= 11 is 0. The first-order valence-corrected chi connectivity index (χ1v) is 6.18. The van der Waals surface area contributed by atoms with Gasteiger partial charge in [0.15, 0.2) is 0 Å². The average Bonchev–Trinajstić information content (AvgIpc) is 3.00. The minimum Gasteiger partial charge on any atom is -0.481 e. The third-order valence-electron chi connectivity index (χ3n) is 3.95. The maximum Gasteiger partial charge on any atom is 0.308 e. The number of carboxylic acids is 1. The van der Waals surface area contributed by atoms with Gasteiger partial charge in [-0.25, -0.2) is 0 Å². The van der Waals surface area contributed by atoms with Crippen molar-refractivity contribution < 1.29 is 9.90 Å². The molecule has 0 spiro atoms. The van der Waals surface area contributed by atoms with Crippen molar-refractivity contribution in [3.05, 3.63) is 11.6 Å². The second-order valence-corrected chi connectivity index (χ2v) is 5.28. The first-order chi connectivity index (χ1) is 7.61. The lowest BCUT2D eigenvalue weighted by Gasteiger charge is -2.15. The predicted octanol–water partition coefficient (Wildman–Crippen LogP) is 2.00. The summed E-state index contributed by atoms with van der Waals surface area (Å²) in [6, 6.07) is 0. The second-order valence-electron chi connectivity index (χ2n) is 5.28. The Kier molecular flexibility index (Phi) is 3.33. The zero-order valence-electron chi connectivity index (χ0n) is 10.1. The van der Waals surface area contributed by atoms with E-state index < -0.39 is 5.97 Å². The van der Waals surface area contributed by atoms with Crippen LogP contribution in [0.3, 0.4) is 0 Å². The molecule has 1 saturated carbocycles. The van der Waals surface area contributed by atoms with Crippen molar-refractivity contribution in [2.24, 2.45) is 17.8 Å². The van der Waals surface area contributed by atoms with Crippen LogP contribution < -0.4 is 0 Å². The molecule has 0 amide bonds. The molecule has 2 fully saturated rings. The fourth-order valence-electron chi connectivity index (χ4n) is 2.75. The van der Waals surface area contributed by atoms with Crippen molar-refractivity contribution >= 4 is 5.97 Å². The highest BCUT2D eigenvalue weighted by atomic mass is 16.4. The van der Waals surface area contributed by atoms with E-state index >= 15 is 0 Å². The van der Waals surface area contributed by atoms with Gasteiger partial charge in [-0.05, 0) is 38.5 Å². The number of likely N-dealkylation sites (tertiary alicyclic amines) is 1. The first kappa shape index (κ1) is 11.6. The van der Waals surface area contributed by atoms with Crippen LogP contribution in [-0.4, -0.2) is 35.6 Å². The molecule has 0 bridgehead atoms. The van der Waals surface area contributed by atoms with E-state index in [0.717, 1.165) is 19.6 Å². The molecule has 1 saturated heterocycles. The van der Waals surface area contributed by atoms with Gasteiger partial charge in [0.05, 0.1) is 5.92 Å². The topological polar surface area (TPSA) is 40.5 Å². The maximum atomic E-state index is 11.2. The molecule has 1 heterocycles. The van der Waals surface area contributed by atoms with Crippen molar-refractivity contribution in [1.82, 2.24) is 4.90 Å². The Labute approximate surface area is 97.1 Å². The van der Waals surface area contributed by atoms with Crippen LogP contribution in [0.25, 0.3) is 0 Å². The monoisotopic (exact) mass is 223 g/mol. The minimum atomic E-state index is -0.600. The molecule has 2 rings (SSSR count). The SMILES string of the molecule is CC=C(C)CN1C[C@@H](C(=O)O)[C@H](C2CC2)C1. The van der Waals surface area contributed by atoms with Gasteiger partial charge in [-0.2, -0.15) is 0 Å². The molecule has 1 N–H and O–H groups in total. The molecule has 2 atom stereocenters. The van der Waals surface area contributed by atoms with E-state index in [1.807, 2.05) is 6.92 Å². The van der Waals surface area contributed by atoms with Gasteiger partial charge in [0.2, 0.25) is 0 Å². The third-order valence-corrected chi connectivity index (χ3v) is 3.95. The third kappa shape index (κ3) is 2.46. The fraction of sp³-hybridized carbons (Fsp3) is 0.769. The Morgan fingerprint density at radius 3 is 2.62 bits per heavy atom. The number of carboxylic acid groups (broad SMARTS) is 1. The summed E-state index contributed by atoms with van der Waals surface area (Å²) in [5, 5.41) is 9.23. The van der Waals surface area contributed by atoms with Crippen LogP contribution in [0.4, 0.5) is 0 Å². The zero-order valence-corrected chi connectivity index (χ0v) is 10.1. The fourth-order valence-corrected chi connectivity index (χ4v) is 2.75. The summed E-state index contributed by atoms with van der Waals surface area (Å²) in [4.78, 5) is 13.5. The molecule has 2 aliphatic rings. The van der Waals surface area contributed by atoms with Crippen molar-refractivity contribution in [3.8, 4) is 0 Å². The van der Waals surface area contributed by atoms with E-state index in [4.69, 9.17) is 0 Å². The van der Waals surface area contributed by atoms with Crippen molar-refractivity contribution in [2.45, 2.75) is 26.7 Å². The van der Waals surface area contributed by atoms with Crippen LogP contribution in [0.1, 0.15) is 26.7 Å². The molecule has 16 heavy (non-hydrogen) atoms. The summed E-state index contributed by atoms with van der Waals surface area (Å²) in [7, 11) is 0. The van der Waals surface area contributed by atoms with E-state index in [2.05, 4.69) is 17.9 Å². The molecule has 0 aromatic heterocycles. The minimum absolute atomic E-state index is 0.128. The molecule has 1 aliphatic carbocycles. The van der Waals surface area contributed by atoms with Gasteiger partial charge in [-0.1, -0.05) is 11.6 Å². The average molecular weight is 223 g/mol. The molecule has 3 nitrogen and oxygen atoms in total. The highest BCUT2D eigenvalue weighted by Gasteiger charge is 2.45. The molecular formula is C13H21NO2. The first-order valence-electron chi connectivity index (χ1n) is 6.18. The van der Waals surface area contributed by atoms with Gasteiger partial charge < -0.3 is 5.11 Å². The van der Waals surface area contributed by atoms with Crippen LogP contribution in [0.5, 0.6) is 0 Å². The van der Waals surface area contributed by atoms with E-state index in [1.165, 1.54) is 18.4 Å². The van der Waals surface area contributed by atoms with Gasteiger partial charge in [0, 0.05) is 19.6 Å². The number of hydrogen-bond acceptors (Lipinski definition) is 2. The highest BCUT2D eigenvalue weighted by molar-refractivity contribution is 5.71. The number of carbonyl (C=O) groups is 1. The van der Waals surface area contributed by atoms with Gasteiger partial charge in [0.1, 0.15) is 0 Å². The Morgan fingerprint density at radius 1 is 1.44 bits per heavy atom. The number of hydrogen-bond donors (Lipinski definition) is 1. The number of aliphatic carboxylic acids is 1. The normalized spacial score (nSPS) is 32.0. The lowest BCUT2D eigenvalue weighted by Crippen LogP contribution is -2.25. The summed E-state index contributed by atoms with van der Waals surface area (Å²) in [6.07, 6.45) is 4.59. The molecule has 90 valence electrons. The smallest absolute Gasteiger partial charge is 0.308 e. The standard InChI is InChI=1S/C13H21NO2/c1-3-9(2)6-14-7-11(10-4-5-10)12(8-14)13(15)16/h3,10-12H,4-8H2,1-2H3,(H,15,16)/t11-,12+/m0/s1. The van der Waals surface area contributed by atoms with E-state index in [-0.39, 0.29) is 5.92 Å². The number of nitrogens with zero attached hydrogens (tertiary/aromatic N) is 1. The van der Waals surface area contributed by atoms with Crippen molar-refractivity contribution in [2.75, 3.05) is 19.6 Å². The maximum absolute atomic E-state index is 11.2.